The van der Waals surface area contributed by atoms with E-state index >= 15 is 0 Å². The standard InChI is InChI=1S/C14H26N2O/c1-13(2)11(14(13,3)4)9-16-12(17)10-5-7-15-8-6-10/h10-11,15H,5-9H2,1-4H3,(H,16,17). The van der Waals surface area contributed by atoms with Gasteiger partial charge in [-0.25, -0.2) is 0 Å². The summed E-state index contributed by atoms with van der Waals surface area (Å²) in [6.45, 7) is 12.0. The zero-order valence-corrected chi connectivity index (χ0v) is 11.6. The Labute approximate surface area is 105 Å². The molecule has 1 saturated carbocycles. The van der Waals surface area contributed by atoms with Gasteiger partial charge in [-0.3, -0.25) is 4.79 Å². The Morgan fingerprint density at radius 3 is 2.18 bits per heavy atom. The zero-order valence-electron chi connectivity index (χ0n) is 11.6. The van der Waals surface area contributed by atoms with Crippen LogP contribution in [0, 0.1) is 22.7 Å². The number of carbonyl (C=O) groups excluding carboxylic acids is 1. The molecule has 0 aromatic heterocycles. The second kappa shape index (κ2) is 4.27. The molecule has 0 radical (unpaired) electrons. The summed E-state index contributed by atoms with van der Waals surface area (Å²) in [4.78, 5) is 12.0. The van der Waals surface area contributed by atoms with Crippen molar-refractivity contribution in [1.82, 2.24) is 10.6 Å². The highest BCUT2D eigenvalue weighted by molar-refractivity contribution is 5.78. The van der Waals surface area contributed by atoms with Gasteiger partial charge in [0.15, 0.2) is 0 Å². The van der Waals surface area contributed by atoms with Crippen LogP contribution in [0.25, 0.3) is 0 Å². The number of piperidine rings is 1. The van der Waals surface area contributed by atoms with Crippen LogP contribution in [0.1, 0.15) is 40.5 Å². The number of hydrogen-bond donors (Lipinski definition) is 2. The van der Waals surface area contributed by atoms with E-state index in [1.54, 1.807) is 0 Å². The molecule has 1 aliphatic carbocycles. The van der Waals surface area contributed by atoms with Crippen LogP contribution in [0.3, 0.4) is 0 Å². The van der Waals surface area contributed by atoms with Gasteiger partial charge in [-0.1, -0.05) is 27.7 Å². The smallest absolute Gasteiger partial charge is 0.223 e. The maximum Gasteiger partial charge on any atom is 0.223 e. The lowest BCUT2D eigenvalue weighted by Crippen LogP contribution is -2.39. The molecule has 17 heavy (non-hydrogen) atoms. The molecule has 2 fully saturated rings. The lowest BCUT2D eigenvalue weighted by molar-refractivity contribution is -0.125. The predicted octanol–water partition coefficient (Wildman–Crippen LogP) is 1.78. The summed E-state index contributed by atoms with van der Waals surface area (Å²) in [5.74, 6) is 1.13. The first-order chi connectivity index (χ1) is 7.87. The first-order valence-corrected chi connectivity index (χ1v) is 6.86. The minimum absolute atomic E-state index is 0.237. The zero-order chi connectivity index (χ0) is 12.7. The molecule has 2 aliphatic rings. The van der Waals surface area contributed by atoms with Crippen molar-refractivity contribution in [1.29, 1.82) is 0 Å². The molecule has 1 amide bonds. The Kier molecular flexibility index (Phi) is 3.23. The van der Waals surface area contributed by atoms with Gasteiger partial charge in [-0.05, 0) is 42.7 Å². The van der Waals surface area contributed by atoms with Crippen molar-refractivity contribution < 1.29 is 4.79 Å². The van der Waals surface area contributed by atoms with Gasteiger partial charge in [-0.15, -0.1) is 0 Å². The van der Waals surface area contributed by atoms with E-state index in [1.807, 2.05) is 0 Å². The van der Waals surface area contributed by atoms with Crippen molar-refractivity contribution >= 4 is 5.91 Å². The van der Waals surface area contributed by atoms with Crippen molar-refractivity contribution in [2.24, 2.45) is 22.7 Å². The Morgan fingerprint density at radius 1 is 1.18 bits per heavy atom. The molecule has 3 heteroatoms. The SMILES string of the molecule is CC1(C)C(CNC(=O)C2CCNCC2)C1(C)C. The molecule has 3 nitrogen and oxygen atoms in total. The molecule has 0 spiro atoms. The van der Waals surface area contributed by atoms with E-state index in [9.17, 15) is 4.79 Å². The summed E-state index contributed by atoms with van der Waals surface area (Å²) >= 11 is 0. The van der Waals surface area contributed by atoms with Gasteiger partial charge in [0, 0.05) is 12.5 Å². The van der Waals surface area contributed by atoms with Crippen LogP contribution >= 0.6 is 0 Å². The highest BCUT2D eigenvalue weighted by atomic mass is 16.1. The summed E-state index contributed by atoms with van der Waals surface area (Å²) in [5.41, 5.74) is 0.739. The Balaban J connectivity index is 1.78. The maximum atomic E-state index is 12.0. The summed E-state index contributed by atoms with van der Waals surface area (Å²) < 4.78 is 0. The van der Waals surface area contributed by atoms with Crippen molar-refractivity contribution in [3.05, 3.63) is 0 Å². The van der Waals surface area contributed by atoms with E-state index in [0.717, 1.165) is 32.5 Å². The van der Waals surface area contributed by atoms with Crippen LogP contribution in [-0.2, 0) is 4.79 Å². The fraction of sp³-hybridized carbons (Fsp3) is 0.929. The Hall–Kier alpha value is -0.570. The Morgan fingerprint density at radius 2 is 1.71 bits per heavy atom. The van der Waals surface area contributed by atoms with E-state index in [4.69, 9.17) is 0 Å². The molecule has 0 atom stereocenters. The molecule has 1 heterocycles. The van der Waals surface area contributed by atoms with Crippen LogP contribution in [-0.4, -0.2) is 25.5 Å². The van der Waals surface area contributed by atoms with Gasteiger partial charge in [-0.2, -0.15) is 0 Å². The number of nitrogens with one attached hydrogen (secondary N) is 2. The average Bonchev–Trinajstić information content (AvgIpc) is 2.68. The third-order valence-electron chi connectivity index (χ3n) is 5.51. The van der Waals surface area contributed by atoms with Gasteiger partial charge >= 0.3 is 0 Å². The van der Waals surface area contributed by atoms with Gasteiger partial charge in [0.2, 0.25) is 5.91 Å². The van der Waals surface area contributed by atoms with Crippen LogP contribution < -0.4 is 10.6 Å². The second-order valence-corrected chi connectivity index (χ2v) is 6.77. The van der Waals surface area contributed by atoms with Crippen molar-refractivity contribution in [2.45, 2.75) is 40.5 Å². The number of rotatable bonds is 3. The minimum atomic E-state index is 0.237. The lowest BCUT2D eigenvalue weighted by Gasteiger charge is -2.22. The number of hydrogen-bond acceptors (Lipinski definition) is 2. The van der Waals surface area contributed by atoms with Gasteiger partial charge in [0.1, 0.15) is 0 Å². The van der Waals surface area contributed by atoms with Crippen molar-refractivity contribution in [3.63, 3.8) is 0 Å². The lowest BCUT2D eigenvalue weighted by atomic mass is 9.97. The number of carbonyl (C=O) groups is 1. The van der Waals surface area contributed by atoms with E-state index in [0.29, 0.717) is 16.7 Å². The van der Waals surface area contributed by atoms with Gasteiger partial charge in [0.25, 0.3) is 0 Å². The molecule has 0 aromatic rings. The Bertz CT molecular complexity index is 289. The highest BCUT2D eigenvalue weighted by Gasteiger charge is 2.64. The molecule has 98 valence electrons. The van der Waals surface area contributed by atoms with Crippen LogP contribution in [0.2, 0.25) is 0 Å². The van der Waals surface area contributed by atoms with Crippen LogP contribution in [0.5, 0.6) is 0 Å². The van der Waals surface area contributed by atoms with E-state index in [2.05, 4.69) is 38.3 Å². The van der Waals surface area contributed by atoms with E-state index < -0.39 is 0 Å². The topological polar surface area (TPSA) is 41.1 Å². The van der Waals surface area contributed by atoms with Gasteiger partial charge in [0.05, 0.1) is 0 Å². The minimum Gasteiger partial charge on any atom is -0.356 e. The first-order valence-electron chi connectivity index (χ1n) is 6.86. The third kappa shape index (κ3) is 2.22. The van der Waals surface area contributed by atoms with Crippen molar-refractivity contribution in [2.75, 3.05) is 19.6 Å². The summed E-state index contributed by atoms with van der Waals surface area (Å²) in [5, 5.41) is 6.45. The molecule has 2 N–H and O–H groups in total. The molecule has 0 unspecified atom stereocenters. The molecule has 1 saturated heterocycles. The quantitative estimate of drug-likeness (QED) is 0.787. The molecular weight excluding hydrogens is 212 g/mol. The molecule has 2 rings (SSSR count). The normalized spacial score (nSPS) is 27.8. The second-order valence-electron chi connectivity index (χ2n) is 6.77. The van der Waals surface area contributed by atoms with Crippen molar-refractivity contribution in [3.8, 4) is 0 Å². The summed E-state index contributed by atoms with van der Waals surface area (Å²) in [7, 11) is 0. The third-order valence-corrected chi connectivity index (χ3v) is 5.51. The largest absolute Gasteiger partial charge is 0.356 e. The predicted molar refractivity (Wildman–Crippen MR) is 69.7 cm³/mol. The fourth-order valence-corrected chi connectivity index (χ4v) is 3.27. The van der Waals surface area contributed by atoms with Crippen LogP contribution in [0.4, 0.5) is 0 Å². The summed E-state index contributed by atoms with van der Waals surface area (Å²) in [6.07, 6.45) is 1.98. The molecular formula is C14H26N2O. The molecule has 0 aromatic carbocycles. The van der Waals surface area contributed by atoms with Crippen LogP contribution in [0.15, 0.2) is 0 Å². The first kappa shape index (κ1) is 12.9. The number of amides is 1. The highest BCUT2D eigenvalue weighted by Crippen LogP contribution is 2.67. The maximum absolute atomic E-state index is 12.0. The average molecular weight is 238 g/mol. The monoisotopic (exact) mass is 238 g/mol. The summed E-state index contributed by atoms with van der Waals surface area (Å²) in [6, 6.07) is 0. The van der Waals surface area contributed by atoms with E-state index in [-0.39, 0.29) is 11.8 Å². The fourth-order valence-electron chi connectivity index (χ4n) is 3.27. The van der Waals surface area contributed by atoms with E-state index in [1.165, 1.54) is 0 Å². The molecule has 0 bridgehead atoms. The molecule has 1 aliphatic heterocycles. The van der Waals surface area contributed by atoms with Gasteiger partial charge < -0.3 is 10.6 Å².